The Hall–Kier alpha value is -1.44. The number of phosphoric ester groups is 1. The van der Waals surface area contributed by atoms with E-state index in [1.807, 2.05) is 6.08 Å². The van der Waals surface area contributed by atoms with Crippen LogP contribution in [-0.2, 0) is 27.9 Å². The Morgan fingerprint density at radius 2 is 1.02 bits per heavy atom. The number of carbonyl (C=O) groups excluding carboxylic acids is 1. The van der Waals surface area contributed by atoms with Gasteiger partial charge in [0.1, 0.15) is 6.61 Å². The lowest BCUT2D eigenvalue weighted by Gasteiger charge is -2.19. The molecule has 0 heterocycles. The fourth-order valence-electron chi connectivity index (χ4n) is 5.54. The highest BCUT2D eigenvalue weighted by atomic mass is 31.2. The fraction of sp³-hybridized carbons (Fsp3) is 0.829. The second kappa shape index (κ2) is 38.8. The van der Waals surface area contributed by atoms with Crippen molar-refractivity contribution in [2.75, 3.05) is 26.4 Å². The third kappa shape index (κ3) is 37.8. The van der Waals surface area contributed by atoms with Crippen LogP contribution < -0.4 is 5.73 Å². The van der Waals surface area contributed by atoms with Crippen LogP contribution in [0.15, 0.2) is 36.6 Å². The number of ether oxygens (including phenoxy) is 2. The summed E-state index contributed by atoms with van der Waals surface area (Å²) in [4.78, 5) is 22.4. The first-order chi connectivity index (χ1) is 24.4. The first-order valence-electron chi connectivity index (χ1n) is 20.5. The molecule has 2 atom stereocenters. The van der Waals surface area contributed by atoms with Crippen molar-refractivity contribution in [3.8, 4) is 0 Å². The number of carbonyl (C=O) groups is 1. The Kier molecular flexibility index (Phi) is 37.7. The molecular formula is C41H78NO7P. The third-order valence-electron chi connectivity index (χ3n) is 8.59. The molecule has 0 radical (unpaired) electrons. The molecule has 0 aliphatic carbocycles. The van der Waals surface area contributed by atoms with Crippen LogP contribution in [0.3, 0.4) is 0 Å². The van der Waals surface area contributed by atoms with Crippen LogP contribution in [-0.4, -0.2) is 43.3 Å². The fourth-order valence-corrected chi connectivity index (χ4v) is 6.30. The van der Waals surface area contributed by atoms with E-state index in [9.17, 15) is 14.3 Å². The van der Waals surface area contributed by atoms with E-state index in [1.165, 1.54) is 116 Å². The second-order valence-electron chi connectivity index (χ2n) is 13.6. The maximum Gasteiger partial charge on any atom is 0.472 e. The van der Waals surface area contributed by atoms with Gasteiger partial charge in [-0.15, -0.1) is 0 Å². The molecule has 0 saturated carbocycles. The molecule has 0 aromatic rings. The van der Waals surface area contributed by atoms with Crippen LogP contribution in [0.2, 0.25) is 0 Å². The molecule has 0 saturated heterocycles. The summed E-state index contributed by atoms with van der Waals surface area (Å²) >= 11 is 0. The Morgan fingerprint density at radius 1 is 0.600 bits per heavy atom. The van der Waals surface area contributed by atoms with Crippen molar-refractivity contribution in [3.05, 3.63) is 36.6 Å². The SMILES string of the molecule is CCCCCCCCC=CCCCCCCC=COCC(COP(=O)(O)OCCN)OC(=O)CCCCCCCC=CCCCCCCCC. The molecular weight excluding hydrogens is 649 g/mol. The summed E-state index contributed by atoms with van der Waals surface area (Å²) in [6.07, 6.45) is 43.9. The molecule has 3 N–H and O–H groups in total. The highest BCUT2D eigenvalue weighted by molar-refractivity contribution is 7.47. The van der Waals surface area contributed by atoms with E-state index in [-0.39, 0.29) is 32.3 Å². The van der Waals surface area contributed by atoms with Gasteiger partial charge < -0.3 is 20.1 Å². The number of unbranched alkanes of at least 4 members (excludes halogenated alkanes) is 22. The Balaban J connectivity index is 4.14. The lowest BCUT2D eigenvalue weighted by molar-refractivity contribution is -0.153. The largest absolute Gasteiger partial charge is 0.498 e. The van der Waals surface area contributed by atoms with Gasteiger partial charge in [-0.2, -0.15) is 0 Å². The standard InChI is InChI=1S/C41H78NO7P/c1-3-5-7-9-11-13-15-17-19-21-23-25-27-29-31-33-36-46-38-40(39-48-50(44,45)47-37-35-42)49-41(43)34-32-30-28-26-24-22-20-18-16-14-12-10-8-6-4-2/h17-20,33,36,40H,3-16,21-32,34-35,37-39,42H2,1-2H3,(H,44,45). The predicted octanol–water partition coefficient (Wildman–Crippen LogP) is 12.2. The number of rotatable bonds is 39. The van der Waals surface area contributed by atoms with Crippen LogP contribution in [0.25, 0.3) is 0 Å². The van der Waals surface area contributed by atoms with E-state index in [2.05, 4.69) is 38.2 Å². The summed E-state index contributed by atoms with van der Waals surface area (Å²) in [6.45, 7) is 4.21. The van der Waals surface area contributed by atoms with Crippen LogP contribution in [0.4, 0.5) is 0 Å². The quantitative estimate of drug-likeness (QED) is 0.0211. The highest BCUT2D eigenvalue weighted by Crippen LogP contribution is 2.43. The van der Waals surface area contributed by atoms with Gasteiger partial charge in [0.2, 0.25) is 0 Å². The lowest BCUT2D eigenvalue weighted by Crippen LogP contribution is -2.27. The molecule has 9 heteroatoms. The van der Waals surface area contributed by atoms with Crippen LogP contribution in [0.5, 0.6) is 0 Å². The molecule has 8 nitrogen and oxygen atoms in total. The van der Waals surface area contributed by atoms with Crippen molar-refractivity contribution in [3.63, 3.8) is 0 Å². The van der Waals surface area contributed by atoms with Crippen molar-refractivity contribution >= 4 is 13.8 Å². The molecule has 0 rings (SSSR count). The van der Waals surface area contributed by atoms with Crippen LogP contribution in [0, 0.1) is 0 Å². The van der Waals surface area contributed by atoms with E-state index in [4.69, 9.17) is 24.3 Å². The minimum Gasteiger partial charge on any atom is -0.498 e. The summed E-state index contributed by atoms with van der Waals surface area (Å²) < 4.78 is 33.1. The number of hydrogen-bond acceptors (Lipinski definition) is 7. The van der Waals surface area contributed by atoms with E-state index in [0.29, 0.717) is 6.42 Å². The molecule has 0 bridgehead atoms. The van der Waals surface area contributed by atoms with Crippen LogP contribution >= 0.6 is 7.82 Å². The minimum absolute atomic E-state index is 0.0244. The maximum atomic E-state index is 12.5. The second-order valence-corrected chi connectivity index (χ2v) is 15.0. The molecule has 294 valence electrons. The van der Waals surface area contributed by atoms with Crippen LogP contribution in [0.1, 0.15) is 187 Å². The monoisotopic (exact) mass is 728 g/mol. The average molecular weight is 728 g/mol. The van der Waals surface area contributed by atoms with Crippen molar-refractivity contribution < 1.29 is 32.8 Å². The summed E-state index contributed by atoms with van der Waals surface area (Å²) in [6, 6.07) is 0. The normalized spacial score (nSPS) is 13.8. The molecule has 0 amide bonds. The number of nitrogens with two attached hydrogens (primary N) is 1. The van der Waals surface area contributed by atoms with Gasteiger partial charge in [0.25, 0.3) is 0 Å². The van der Waals surface area contributed by atoms with Crippen molar-refractivity contribution in [2.45, 2.75) is 193 Å². The van der Waals surface area contributed by atoms with Gasteiger partial charge in [-0.1, -0.05) is 134 Å². The highest BCUT2D eigenvalue weighted by Gasteiger charge is 2.25. The smallest absolute Gasteiger partial charge is 0.472 e. The number of esters is 1. The zero-order chi connectivity index (χ0) is 36.6. The molecule has 0 fully saturated rings. The van der Waals surface area contributed by atoms with Crippen molar-refractivity contribution in [1.29, 1.82) is 0 Å². The zero-order valence-corrected chi connectivity index (χ0v) is 33.3. The van der Waals surface area contributed by atoms with Crippen molar-refractivity contribution in [2.24, 2.45) is 5.73 Å². The topological polar surface area (TPSA) is 117 Å². The van der Waals surface area contributed by atoms with Gasteiger partial charge in [-0.25, -0.2) is 4.57 Å². The summed E-state index contributed by atoms with van der Waals surface area (Å²) in [7, 11) is -4.29. The predicted molar refractivity (Wildman–Crippen MR) is 210 cm³/mol. The van der Waals surface area contributed by atoms with Crippen molar-refractivity contribution in [1.82, 2.24) is 0 Å². The molecule has 0 aromatic carbocycles. The van der Waals surface area contributed by atoms with E-state index in [1.54, 1.807) is 6.26 Å². The van der Waals surface area contributed by atoms with Gasteiger partial charge in [0.15, 0.2) is 6.10 Å². The summed E-state index contributed by atoms with van der Waals surface area (Å²) in [5.74, 6) is -0.364. The molecule has 0 spiro atoms. The van der Waals surface area contributed by atoms with Gasteiger partial charge >= 0.3 is 13.8 Å². The molecule has 50 heavy (non-hydrogen) atoms. The first-order valence-corrected chi connectivity index (χ1v) is 22.0. The summed E-state index contributed by atoms with van der Waals surface area (Å²) in [5, 5.41) is 0. The number of allylic oxidation sites excluding steroid dienone is 5. The molecule has 0 aliphatic heterocycles. The van der Waals surface area contributed by atoms with Gasteiger partial charge in [-0.05, 0) is 76.7 Å². The summed E-state index contributed by atoms with van der Waals surface area (Å²) in [5.41, 5.74) is 5.35. The zero-order valence-electron chi connectivity index (χ0n) is 32.4. The Labute approximate surface area is 308 Å². The van der Waals surface area contributed by atoms with Gasteiger partial charge in [0, 0.05) is 13.0 Å². The Bertz CT molecular complexity index is 864. The maximum absolute atomic E-state index is 12.5. The van der Waals surface area contributed by atoms with E-state index < -0.39 is 13.9 Å². The number of phosphoric acid groups is 1. The number of hydrogen-bond donors (Lipinski definition) is 2. The third-order valence-corrected chi connectivity index (χ3v) is 9.58. The lowest BCUT2D eigenvalue weighted by atomic mass is 10.1. The first kappa shape index (κ1) is 48.6. The van der Waals surface area contributed by atoms with E-state index in [0.717, 1.165) is 51.4 Å². The average Bonchev–Trinajstić information content (AvgIpc) is 3.10. The molecule has 2 unspecified atom stereocenters. The molecule has 0 aromatic heterocycles. The van der Waals surface area contributed by atoms with Gasteiger partial charge in [0.05, 0.1) is 19.5 Å². The minimum atomic E-state index is -4.29. The molecule has 0 aliphatic rings. The van der Waals surface area contributed by atoms with E-state index >= 15 is 0 Å². The Morgan fingerprint density at radius 3 is 1.48 bits per heavy atom. The van der Waals surface area contributed by atoms with Gasteiger partial charge in [-0.3, -0.25) is 13.8 Å².